The molecule has 2 heterocycles. The molecule has 2 N–H and O–H groups in total. The van der Waals surface area contributed by atoms with Crippen molar-refractivity contribution >= 4 is 45.6 Å². The van der Waals surface area contributed by atoms with E-state index in [9.17, 15) is 9.18 Å². The maximum Gasteiger partial charge on any atom is 0.247 e. The minimum absolute atomic E-state index is 0.0125. The number of fused-ring (bicyclic) bond motifs is 1. The smallest absolute Gasteiger partial charge is 0.247 e. The van der Waals surface area contributed by atoms with Crippen LogP contribution >= 0.6 is 11.6 Å². The molecule has 1 aromatic heterocycles. The van der Waals surface area contributed by atoms with Crippen LogP contribution in [0.15, 0.2) is 49.3 Å². The van der Waals surface area contributed by atoms with E-state index in [1.54, 1.807) is 6.07 Å². The van der Waals surface area contributed by atoms with E-state index in [2.05, 4.69) is 57.9 Å². The van der Waals surface area contributed by atoms with Crippen LogP contribution in [0, 0.1) is 5.82 Å². The number of benzene rings is 2. The zero-order chi connectivity index (χ0) is 24.5. The van der Waals surface area contributed by atoms with Crippen LogP contribution in [0.1, 0.15) is 19.4 Å². The Morgan fingerprint density at radius 2 is 1.91 bits per heavy atom. The lowest BCUT2D eigenvalue weighted by molar-refractivity contribution is -0.111. The second-order valence-corrected chi connectivity index (χ2v) is 9.34. The Balaban J connectivity index is 1.80. The number of nitrogens with one attached hydrogen (secondary N) is 2. The summed E-state index contributed by atoms with van der Waals surface area (Å²) in [5, 5.41) is 6.87. The third kappa shape index (κ3) is 4.89. The van der Waals surface area contributed by atoms with E-state index in [0.717, 1.165) is 37.3 Å². The van der Waals surface area contributed by atoms with Crippen molar-refractivity contribution in [1.82, 2.24) is 19.8 Å². The van der Waals surface area contributed by atoms with Crippen LogP contribution in [0.25, 0.3) is 10.9 Å². The van der Waals surface area contributed by atoms with Crippen LogP contribution in [-0.4, -0.2) is 58.9 Å². The first-order valence-corrected chi connectivity index (χ1v) is 11.4. The highest BCUT2D eigenvalue weighted by Gasteiger charge is 2.33. The van der Waals surface area contributed by atoms with Gasteiger partial charge in [0.25, 0.3) is 0 Å². The molecule has 0 aliphatic carbocycles. The van der Waals surface area contributed by atoms with Crippen molar-refractivity contribution in [3.05, 3.63) is 65.7 Å². The fourth-order valence-corrected chi connectivity index (χ4v) is 4.42. The minimum atomic E-state index is -0.495. The first-order valence-electron chi connectivity index (χ1n) is 11.1. The molecule has 1 amide bonds. The molecule has 1 saturated heterocycles. The number of carbonyl (C=O) groups excluding carboxylic acids is 1. The number of hydrogen-bond donors (Lipinski definition) is 2. The summed E-state index contributed by atoms with van der Waals surface area (Å²) in [6, 6.07) is 8.24. The Kier molecular flexibility index (Phi) is 6.84. The van der Waals surface area contributed by atoms with E-state index in [-0.39, 0.29) is 16.5 Å². The van der Waals surface area contributed by atoms with Crippen molar-refractivity contribution in [2.75, 3.05) is 43.9 Å². The largest absolute Gasteiger partial charge is 0.340 e. The number of anilines is 3. The standard InChI is InChI=1S/C25H28ClFN6O/c1-5-23(34)31-22-13-17-21(14-18(22)25(2,3)33-10-8-32(4)9-11-33)28-15-29-24(17)30-16-6-7-20(27)19(26)12-16/h5-7,12-15H,1,8-11H2,2-4H3,(H,31,34)(H,28,29,30). The predicted molar refractivity (Wildman–Crippen MR) is 135 cm³/mol. The van der Waals surface area contributed by atoms with Crippen LogP contribution in [0.3, 0.4) is 0 Å². The monoisotopic (exact) mass is 482 g/mol. The Bertz CT molecular complexity index is 1240. The van der Waals surface area contributed by atoms with Crippen molar-refractivity contribution in [2.45, 2.75) is 19.4 Å². The molecule has 2 aromatic carbocycles. The Morgan fingerprint density at radius 3 is 2.59 bits per heavy atom. The maximum absolute atomic E-state index is 13.6. The number of amides is 1. The lowest BCUT2D eigenvalue weighted by Crippen LogP contribution is -2.52. The van der Waals surface area contributed by atoms with E-state index in [1.807, 2.05) is 12.1 Å². The summed E-state index contributed by atoms with van der Waals surface area (Å²) in [5.41, 5.74) is 2.57. The molecule has 0 bridgehead atoms. The quantitative estimate of drug-likeness (QED) is 0.493. The molecule has 1 aliphatic heterocycles. The summed E-state index contributed by atoms with van der Waals surface area (Å²) in [6.45, 7) is 11.7. The van der Waals surface area contributed by atoms with Gasteiger partial charge in [-0.3, -0.25) is 9.69 Å². The average molecular weight is 483 g/mol. The number of nitrogens with zero attached hydrogens (tertiary/aromatic N) is 4. The van der Waals surface area contributed by atoms with Gasteiger partial charge in [0.2, 0.25) is 5.91 Å². The van der Waals surface area contributed by atoms with Gasteiger partial charge in [0, 0.05) is 48.5 Å². The van der Waals surface area contributed by atoms with E-state index < -0.39 is 5.82 Å². The van der Waals surface area contributed by atoms with Crippen molar-refractivity contribution in [3.63, 3.8) is 0 Å². The summed E-state index contributed by atoms with van der Waals surface area (Å²) < 4.78 is 13.6. The SMILES string of the molecule is C=CC(=O)Nc1cc2c(Nc3ccc(F)c(Cl)c3)ncnc2cc1C(C)(C)N1CCN(C)CC1. The molecule has 4 rings (SSSR count). The van der Waals surface area contributed by atoms with Crippen LogP contribution in [-0.2, 0) is 10.3 Å². The summed E-state index contributed by atoms with van der Waals surface area (Å²) in [7, 11) is 2.12. The Hall–Kier alpha value is -3.07. The lowest BCUT2D eigenvalue weighted by Gasteiger charge is -2.44. The Morgan fingerprint density at radius 1 is 1.18 bits per heavy atom. The summed E-state index contributed by atoms with van der Waals surface area (Å²) in [5.74, 6) is -0.276. The van der Waals surface area contributed by atoms with Gasteiger partial charge in [-0.15, -0.1) is 0 Å². The van der Waals surface area contributed by atoms with Crippen LogP contribution in [0.4, 0.5) is 21.6 Å². The number of aromatic nitrogens is 2. The molecular weight excluding hydrogens is 455 g/mol. The van der Waals surface area contributed by atoms with Gasteiger partial charge in [-0.25, -0.2) is 14.4 Å². The molecule has 0 unspecified atom stereocenters. The molecule has 9 heteroatoms. The molecule has 0 saturated carbocycles. The molecule has 0 radical (unpaired) electrons. The van der Waals surface area contributed by atoms with Crippen LogP contribution in [0.2, 0.25) is 5.02 Å². The minimum Gasteiger partial charge on any atom is -0.340 e. The van der Waals surface area contributed by atoms with Crippen molar-refractivity contribution in [2.24, 2.45) is 0 Å². The third-order valence-corrected chi connectivity index (χ3v) is 6.64. The first-order chi connectivity index (χ1) is 16.2. The summed E-state index contributed by atoms with van der Waals surface area (Å²) in [4.78, 5) is 25.9. The van der Waals surface area contributed by atoms with Crippen LogP contribution in [0.5, 0.6) is 0 Å². The van der Waals surface area contributed by atoms with Gasteiger partial charge in [-0.2, -0.15) is 0 Å². The topological polar surface area (TPSA) is 73.4 Å². The summed E-state index contributed by atoms with van der Waals surface area (Å²) in [6.07, 6.45) is 2.72. The highest BCUT2D eigenvalue weighted by molar-refractivity contribution is 6.31. The second kappa shape index (κ2) is 9.66. The van der Waals surface area contributed by atoms with Gasteiger partial charge in [-0.1, -0.05) is 18.2 Å². The van der Waals surface area contributed by atoms with Gasteiger partial charge >= 0.3 is 0 Å². The lowest BCUT2D eigenvalue weighted by atomic mass is 9.88. The van der Waals surface area contributed by atoms with Crippen molar-refractivity contribution in [1.29, 1.82) is 0 Å². The second-order valence-electron chi connectivity index (χ2n) is 8.93. The molecule has 7 nitrogen and oxygen atoms in total. The number of halogens is 2. The van der Waals surface area contributed by atoms with Crippen LogP contribution < -0.4 is 10.6 Å². The van der Waals surface area contributed by atoms with Gasteiger partial charge in [0.15, 0.2) is 0 Å². The first kappa shape index (κ1) is 24.1. The van der Waals surface area contributed by atoms with Crippen molar-refractivity contribution in [3.8, 4) is 0 Å². The van der Waals surface area contributed by atoms with Gasteiger partial charge in [0.05, 0.1) is 10.5 Å². The van der Waals surface area contributed by atoms with Gasteiger partial charge in [-0.05, 0) is 62.9 Å². The number of carbonyl (C=O) groups is 1. The zero-order valence-corrected chi connectivity index (χ0v) is 20.3. The maximum atomic E-state index is 13.6. The number of likely N-dealkylation sites (N-methyl/N-ethyl adjacent to an activating group) is 1. The fraction of sp³-hybridized carbons (Fsp3) is 0.320. The third-order valence-electron chi connectivity index (χ3n) is 6.35. The summed E-state index contributed by atoms with van der Waals surface area (Å²) >= 11 is 5.94. The van der Waals surface area contributed by atoms with Gasteiger partial charge in [0.1, 0.15) is 18.0 Å². The highest BCUT2D eigenvalue weighted by Crippen LogP contribution is 2.38. The fourth-order valence-electron chi connectivity index (χ4n) is 4.24. The Labute approximate surface area is 203 Å². The molecule has 1 aliphatic rings. The molecule has 0 atom stereocenters. The molecule has 0 spiro atoms. The molecule has 34 heavy (non-hydrogen) atoms. The van der Waals surface area contributed by atoms with E-state index in [0.29, 0.717) is 22.6 Å². The molecule has 3 aromatic rings. The normalized spacial score (nSPS) is 15.3. The average Bonchev–Trinajstić information content (AvgIpc) is 2.81. The number of piperazine rings is 1. The number of hydrogen-bond acceptors (Lipinski definition) is 6. The number of rotatable bonds is 6. The van der Waals surface area contributed by atoms with Crippen molar-refractivity contribution < 1.29 is 9.18 Å². The predicted octanol–water partition coefficient (Wildman–Crippen LogP) is 4.77. The van der Waals surface area contributed by atoms with E-state index >= 15 is 0 Å². The zero-order valence-electron chi connectivity index (χ0n) is 19.5. The van der Waals surface area contributed by atoms with E-state index in [1.165, 1.54) is 24.5 Å². The van der Waals surface area contributed by atoms with E-state index in [4.69, 9.17) is 11.6 Å². The molecular formula is C25H28ClFN6O. The molecule has 178 valence electrons. The highest BCUT2D eigenvalue weighted by atomic mass is 35.5. The molecule has 1 fully saturated rings. The van der Waals surface area contributed by atoms with Gasteiger partial charge < -0.3 is 15.5 Å².